The summed E-state index contributed by atoms with van der Waals surface area (Å²) in [6.07, 6.45) is 7.08. The minimum atomic E-state index is -4.38. The number of nitrogens with one attached hydrogen (secondary N) is 1. The molecule has 1 saturated heterocycles. The molecule has 15 heteroatoms. The Labute approximate surface area is 310 Å². The molecule has 0 radical (unpaired) electrons. The molecule has 2 aromatic heterocycles. The van der Waals surface area contributed by atoms with Crippen LogP contribution in [-0.4, -0.2) is 61.6 Å². The zero-order chi connectivity index (χ0) is 37.8. The maximum Gasteiger partial charge on any atom is 0.459 e. The maximum absolute atomic E-state index is 14.8. The summed E-state index contributed by atoms with van der Waals surface area (Å²) < 4.78 is 54.6. The van der Waals surface area contributed by atoms with Gasteiger partial charge in [0.2, 0.25) is 0 Å². The number of ether oxygens (including phenoxy) is 2. The number of nitrogens with two attached hydrogens (primary N) is 1. The number of aliphatic hydroxyl groups is 1. The Hall–Kier alpha value is -3.94. The number of aromatic nitrogens is 4. The van der Waals surface area contributed by atoms with Crippen molar-refractivity contribution in [1.29, 1.82) is 0 Å². The van der Waals surface area contributed by atoms with Crippen LogP contribution in [0.3, 0.4) is 0 Å². The Morgan fingerprint density at radius 1 is 1.08 bits per heavy atom. The van der Waals surface area contributed by atoms with Crippen molar-refractivity contribution in [3.05, 3.63) is 78.6 Å². The summed E-state index contributed by atoms with van der Waals surface area (Å²) in [5.74, 6) is -0.247. The number of nitrogens with zero attached hydrogens (tertiary/aromatic N) is 4. The van der Waals surface area contributed by atoms with E-state index in [9.17, 15) is 18.9 Å². The molecule has 4 aromatic rings. The number of halogens is 1. The Balaban J connectivity index is 1.36. The minimum Gasteiger partial charge on any atom is -0.464 e. The molecule has 1 aliphatic heterocycles. The van der Waals surface area contributed by atoms with Gasteiger partial charge >= 0.3 is 19.8 Å². The van der Waals surface area contributed by atoms with E-state index in [2.05, 4.69) is 33.9 Å². The number of carbonyl (C=O) groups is 1. The minimum absolute atomic E-state index is 0.0504. The molecule has 1 fully saturated rings. The van der Waals surface area contributed by atoms with E-state index in [0.717, 1.165) is 56.9 Å². The molecule has 288 valence electrons. The standard InChI is InChI=1S/C38H52FN6O7P/c1-4-6-10-18-28(19-11-7-5-2)24-49-36(47)30(22-27-16-12-8-13-17-27)44-53(48,52-29-20-14-9-15-21-29)50-25-38(3)31(46)23-32(51-38)45-26-41-33-34(40)42-37(39)43-35(33)45/h8-9,12-17,20-21,26,28,30-32,46H,4-7,10-11,18-19,22-25H2,1-3H3,(H,44,48)(H2,40,42,43)/t30-,31-,32+,38+,53-/m0/s1. The number of hydrogen-bond acceptors (Lipinski definition) is 11. The zero-order valence-corrected chi connectivity index (χ0v) is 31.6. The average molecular weight is 755 g/mol. The van der Waals surface area contributed by atoms with Crippen LogP contribution in [0.25, 0.3) is 11.2 Å². The number of benzene rings is 2. The molecular weight excluding hydrogens is 702 g/mol. The molecule has 5 rings (SSSR count). The second-order valence-electron chi connectivity index (χ2n) is 13.9. The average Bonchev–Trinajstić information content (AvgIpc) is 3.70. The predicted octanol–water partition coefficient (Wildman–Crippen LogP) is 7.31. The first-order chi connectivity index (χ1) is 25.5. The van der Waals surface area contributed by atoms with E-state index in [1.165, 1.54) is 10.9 Å². The normalized spacial score (nSPS) is 20.4. The second-order valence-corrected chi connectivity index (χ2v) is 15.6. The maximum atomic E-state index is 14.8. The fraction of sp³-hybridized carbons (Fsp3) is 0.526. The van der Waals surface area contributed by atoms with E-state index in [-0.39, 0.29) is 48.1 Å². The van der Waals surface area contributed by atoms with Gasteiger partial charge in [-0.25, -0.2) is 9.55 Å². The van der Waals surface area contributed by atoms with Crippen LogP contribution in [0.15, 0.2) is 67.0 Å². The van der Waals surface area contributed by atoms with E-state index in [1.807, 2.05) is 30.3 Å². The highest BCUT2D eigenvalue weighted by molar-refractivity contribution is 7.52. The molecule has 1 aliphatic rings. The molecule has 0 unspecified atom stereocenters. The van der Waals surface area contributed by atoms with Crippen molar-refractivity contribution in [2.75, 3.05) is 18.9 Å². The van der Waals surface area contributed by atoms with Crippen molar-refractivity contribution < 1.29 is 37.4 Å². The fourth-order valence-corrected chi connectivity index (χ4v) is 8.01. The van der Waals surface area contributed by atoms with Crippen molar-refractivity contribution in [3.8, 4) is 5.75 Å². The summed E-state index contributed by atoms with van der Waals surface area (Å²) in [5, 5.41) is 14.1. The van der Waals surface area contributed by atoms with Gasteiger partial charge < -0.3 is 24.8 Å². The molecular formula is C38H52FN6O7P. The first kappa shape index (κ1) is 40.2. The van der Waals surface area contributed by atoms with Crippen LogP contribution >= 0.6 is 7.75 Å². The zero-order valence-electron chi connectivity index (χ0n) is 30.7. The molecule has 2 aromatic carbocycles. The number of rotatable bonds is 21. The fourth-order valence-electron chi connectivity index (χ4n) is 6.42. The van der Waals surface area contributed by atoms with Gasteiger partial charge in [-0.2, -0.15) is 19.4 Å². The topological polar surface area (TPSA) is 173 Å². The van der Waals surface area contributed by atoms with E-state index in [4.69, 9.17) is 24.3 Å². The Bertz CT molecular complexity index is 1790. The number of nitrogen functional groups attached to an aromatic ring is 1. The molecule has 0 amide bonds. The van der Waals surface area contributed by atoms with Crippen molar-refractivity contribution in [2.45, 2.75) is 109 Å². The number of imidazole rings is 1. The van der Waals surface area contributed by atoms with Crippen LogP contribution in [0, 0.1) is 12.0 Å². The SMILES string of the molecule is CCCCCC(CCCCC)COC(=O)[C@H](Cc1ccccc1)N[P@](=O)(OC[C@@]1(C)O[C@@H](n2cnc3c(N)nc(F)nc32)C[C@@H]1O)Oc1ccccc1. The highest BCUT2D eigenvalue weighted by Gasteiger charge is 2.48. The molecule has 0 bridgehead atoms. The van der Waals surface area contributed by atoms with Gasteiger partial charge in [-0.15, -0.1) is 0 Å². The van der Waals surface area contributed by atoms with Gasteiger partial charge in [0, 0.05) is 6.42 Å². The third-order valence-electron chi connectivity index (χ3n) is 9.53. The lowest BCUT2D eigenvalue weighted by molar-refractivity contribution is -0.147. The van der Waals surface area contributed by atoms with Gasteiger partial charge in [0.05, 0.1) is 25.6 Å². The summed E-state index contributed by atoms with van der Waals surface area (Å²) in [6, 6.07) is 16.7. The van der Waals surface area contributed by atoms with Gasteiger partial charge in [-0.1, -0.05) is 101 Å². The van der Waals surface area contributed by atoms with E-state index in [0.29, 0.717) is 0 Å². The van der Waals surface area contributed by atoms with Crippen LogP contribution in [0.5, 0.6) is 5.75 Å². The number of carbonyl (C=O) groups excluding carboxylic acids is 1. The van der Waals surface area contributed by atoms with Crippen molar-refractivity contribution in [1.82, 2.24) is 24.6 Å². The number of hydrogen-bond donors (Lipinski definition) is 3. The number of fused-ring (bicyclic) bond motifs is 1. The van der Waals surface area contributed by atoms with Gasteiger partial charge in [-0.3, -0.25) is 13.9 Å². The summed E-state index contributed by atoms with van der Waals surface area (Å²) in [4.78, 5) is 25.4. The van der Waals surface area contributed by atoms with Gasteiger partial charge in [0.25, 0.3) is 0 Å². The molecule has 4 N–H and O–H groups in total. The number of unbranched alkanes of at least 4 members (excludes halogenated alkanes) is 4. The highest BCUT2D eigenvalue weighted by atomic mass is 31.2. The molecule has 0 spiro atoms. The van der Waals surface area contributed by atoms with E-state index in [1.54, 1.807) is 37.3 Å². The summed E-state index contributed by atoms with van der Waals surface area (Å²) >= 11 is 0. The lowest BCUT2D eigenvalue weighted by Crippen LogP contribution is -2.43. The van der Waals surface area contributed by atoms with Crippen LogP contribution in [0.2, 0.25) is 0 Å². The summed E-state index contributed by atoms with van der Waals surface area (Å²) in [6.45, 7) is 5.77. The Kier molecular flexibility index (Phi) is 14.3. The van der Waals surface area contributed by atoms with Crippen LogP contribution < -0.4 is 15.3 Å². The van der Waals surface area contributed by atoms with Crippen LogP contribution in [-0.2, 0) is 29.8 Å². The van der Waals surface area contributed by atoms with Crippen LogP contribution in [0.4, 0.5) is 10.2 Å². The van der Waals surface area contributed by atoms with Gasteiger partial charge in [0.1, 0.15) is 23.6 Å². The first-order valence-electron chi connectivity index (χ1n) is 18.5. The first-order valence-corrected chi connectivity index (χ1v) is 20.1. The van der Waals surface area contributed by atoms with Crippen molar-refractivity contribution in [2.24, 2.45) is 5.92 Å². The Morgan fingerprint density at radius 2 is 1.74 bits per heavy atom. The molecule has 13 nitrogen and oxygen atoms in total. The van der Waals surface area contributed by atoms with Gasteiger partial charge in [-0.05, 0) is 49.8 Å². The third kappa shape index (κ3) is 11.0. The second kappa shape index (κ2) is 18.9. The number of anilines is 1. The lowest BCUT2D eigenvalue weighted by Gasteiger charge is -2.31. The largest absolute Gasteiger partial charge is 0.464 e. The van der Waals surface area contributed by atoms with Crippen LogP contribution in [0.1, 0.15) is 90.3 Å². The quantitative estimate of drug-likeness (QED) is 0.0336. The predicted molar refractivity (Wildman–Crippen MR) is 199 cm³/mol. The lowest BCUT2D eigenvalue weighted by atomic mass is 9.96. The molecule has 3 heterocycles. The third-order valence-corrected chi connectivity index (χ3v) is 11.1. The number of esters is 1. The molecule has 5 atom stereocenters. The summed E-state index contributed by atoms with van der Waals surface area (Å²) in [7, 11) is -4.38. The molecule has 53 heavy (non-hydrogen) atoms. The summed E-state index contributed by atoms with van der Waals surface area (Å²) in [5.41, 5.74) is 5.51. The molecule has 0 aliphatic carbocycles. The van der Waals surface area contributed by atoms with Crippen molar-refractivity contribution in [3.63, 3.8) is 0 Å². The van der Waals surface area contributed by atoms with Gasteiger partial charge in [0.15, 0.2) is 17.0 Å². The van der Waals surface area contributed by atoms with Crippen molar-refractivity contribution >= 4 is 30.7 Å². The highest BCUT2D eigenvalue weighted by Crippen LogP contribution is 2.48. The number of aliphatic hydroxyl groups excluding tert-OH is 1. The number of para-hydroxylation sites is 1. The Morgan fingerprint density at radius 3 is 2.40 bits per heavy atom. The molecule has 0 saturated carbocycles. The smallest absolute Gasteiger partial charge is 0.459 e. The van der Waals surface area contributed by atoms with E-state index >= 15 is 0 Å². The van der Waals surface area contributed by atoms with E-state index < -0.39 is 50.4 Å². The monoisotopic (exact) mass is 754 g/mol.